The number of carbonyl (C=O) groups excluding carboxylic acids is 1. The van der Waals surface area contributed by atoms with E-state index in [0.717, 1.165) is 5.75 Å². The van der Waals surface area contributed by atoms with Gasteiger partial charge in [-0.3, -0.25) is 10.1 Å². The minimum Gasteiger partial charge on any atom is -0.457 e. The molecule has 0 heterocycles. The van der Waals surface area contributed by atoms with Crippen LogP contribution in [-0.2, 0) is 4.79 Å². The highest BCUT2D eigenvalue weighted by atomic mass is 16.5. The lowest BCUT2D eigenvalue weighted by Crippen LogP contribution is -2.28. The fourth-order valence-corrected chi connectivity index (χ4v) is 1.80. The minimum absolute atomic E-state index is 0.137. The molecule has 1 amide bonds. The average molecular weight is 294 g/mol. The van der Waals surface area contributed by atoms with E-state index in [1.807, 2.05) is 43.3 Å². The number of hydrogen-bond acceptors (Lipinski definition) is 3. The van der Waals surface area contributed by atoms with Gasteiger partial charge in [-0.05, 0) is 43.3 Å². The van der Waals surface area contributed by atoms with Crippen LogP contribution in [0.4, 0.5) is 5.69 Å². The molecule has 2 N–H and O–H groups in total. The third-order valence-corrected chi connectivity index (χ3v) is 2.91. The van der Waals surface area contributed by atoms with Gasteiger partial charge in [-0.15, -0.1) is 6.42 Å². The zero-order chi connectivity index (χ0) is 15.8. The molecule has 0 saturated heterocycles. The lowest BCUT2D eigenvalue weighted by molar-refractivity contribution is -0.115. The highest BCUT2D eigenvalue weighted by Crippen LogP contribution is 2.23. The molecule has 0 aliphatic carbocycles. The number of hydrogen-bond donors (Lipinski definition) is 2. The fourth-order valence-electron chi connectivity index (χ4n) is 1.80. The second-order valence-corrected chi connectivity index (χ2v) is 4.80. The first kappa shape index (κ1) is 15.6. The van der Waals surface area contributed by atoms with Crippen molar-refractivity contribution < 1.29 is 9.53 Å². The SMILES string of the molecule is C#CCNCC(=O)Nc1ccc(Oc2ccc(C)cc2)cc1. The van der Waals surface area contributed by atoms with Crippen LogP contribution in [0.1, 0.15) is 5.56 Å². The van der Waals surface area contributed by atoms with E-state index in [2.05, 4.69) is 16.6 Å². The van der Waals surface area contributed by atoms with Gasteiger partial charge in [0.25, 0.3) is 0 Å². The summed E-state index contributed by atoms with van der Waals surface area (Å²) in [7, 11) is 0. The Bertz CT molecular complexity index is 655. The number of anilines is 1. The number of nitrogens with one attached hydrogen (secondary N) is 2. The fraction of sp³-hybridized carbons (Fsp3) is 0.167. The third-order valence-electron chi connectivity index (χ3n) is 2.91. The molecule has 2 rings (SSSR count). The Labute approximate surface area is 130 Å². The monoisotopic (exact) mass is 294 g/mol. The maximum Gasteiger partial charge on any atom is 0.238 e. The molecular weight excluding hydrogens is 276 g/mol. The molecule has 2 aromatic carbocycles. The van der Waals surface area contributed by atoms with Gasteiger partial charge in [0, 0.05) is 5.69 Å². The molecule has 0 aliphatic rings. The molecule has 0 aliphatic heterocycles. The van der Waals surface area contributed by atoms with Crippen LogP contribution in [0.5, 0.6) is 11.5 Å². The first-order chi connectivity index (χ1) is 10.7. The van der Waals surface area contributed by atoms with Crippen molar-refractivity contribution in [1.29, 1.82) is 0 Å². The van der Waals surface area contributed by atoms with E-state index in [4.69, 9.17) is 11.2 Å². The Hall–Kier alpha value is -2.77. The molecule has 0 saturated carbocycles. The standard InChI is InChI=1S/C18H18N2O2/c1-3-12-19-13-18(21)20-15-6-10-17(11-7-15)22-16-8-4-14(2)5-9-16/h1,4-11,19H,12-13H2,2H3,(H,20,21). The van der Waals surface area contributed by atoms with Gasteiger partial charge in [0.05, 0.1) is 13.1 Å². The van der Waals surface area contributed by atoms with E-state index >= 15 is 0 Å². The van der Waals surface area contributed by atoms with Crippen LogP contribution in [-0.4, -0.2) is 19.0 Å². The lowest BCUT2D eigenvalue weighted by atomic mass is 10.2. The highest BCUT2D eigenvalue weighted by molar-refractivity contribution is 5.92. The van der Waals surface area contributed by atoms with Crippen LogP contribution < -0.4 is 15.4 Å². The van der Waals surface area contributed by atoms with Crippen LogP contribution in [0, 0.1) is 19.3 Å². The van der Waals surface area contributed by atoms with Crippen molar-refractivity contribution >= 4 is 11.6 Å². The van der Waals surface area contributed by atoms with Crippen molar-refractivity contribution in [2.75, 3.05) is 18.4 Å². The Kier molecular flexibility index (Phi) is 5.58. The Morgan fingerprint density at radius 2 is 1.68 bits per heavy atom. The summed E-state index contributed by atoms with van der Waals surface area (Å²) in [4.78, 5) is 11.6. The number of benzene rings is 2. The van der Waals surface area contributed by atoms with E-state index in [1.54, 1.807) is 12.1 Å². The van der Waals surface area contributed by atoms with Crippen molar-refractivity contribution in [2.45, 2.75) is 6.92 Å². The first-order valence-electron chi connectivity index (χ1n) is 6.96. The smallest absolute Gasteiger partial charge is 0.238 e. The van der Waals surface area contributed by atoms with Gasteiger partial charge in [-0.2, -0.15) is 0 Å². The molecule has 4 heteroatoms. The van der Waals surface area contributed by atoms with E-state index in [9.17, 15) is 4.79 Å². The van der Waals surface area contributed by atoms with Crippen LogP contribution in [0.3, 0.4) is 0 Å². The summed E-state index contributed by atoms with van der Waals surface area (Å²) in [5.74, 6) is 3.77. The van der Waals surface area contributed by atoms with Crippen molar-refractivity contribution in [3.05, 3.63) is 54.1 Å². The normalized spacial score (nSPS) is 9.82. The van der Waals surface area contributed by atoms with Gasteiger partial charge in [-0.25, -0.2) is 0 Å². The second-order valence-electron chi connectivity index (χ2n) is 4.80. The molecular formula is C18H18N2O2. The zero-order valence-corrected chi connectivity index (χ0v) is 12.4. The summed E-state index contributed by atoms with van der Waals surface area (Å²) in [5, 5.41) is 5.60. The molecule has 0 radical (unpaired) electrons. The maximum absolute atomic E-state index is 11.6. The van der Waals surface area contributed by atoms with Gasteiger partial charge in [-0.1, -0.05) is 23.6 Å². The maximum atomic E-state index is 11.6. The number of rotatable bonds is 6. The van der Waals surface area contributed by atoms with E-state index in [1.165, 1.54) is 5.56 Å². The van der Waals surface area contributed by atoms with E-state index < -0.39 is 0 Å². The van der Waals surface area contributed by atoms with Gasteiger partial charge in [0.15, 0.2) is 0 Å². The van der Waals surface area contributed by atoms with Crippen LogP contribution >= 0.6 is 0 Å². The van der Waals surface area contributed by atoms with E-state index in [-0.39, 0.29) is 12.5 Å². The van der Waals surface area contributed by atoms with Gasteiger partial charge in [0.2, 0.25) is 5.91 Å². The van der Waals surface area contributed by atoms with Gasteiger partial charge in [0.1, 0.15) is 11.5 Å². The molecule has 0 fully saturated rings. The van der Waals surface area contributed by atoms with E-state index in [0.29, 0.717) is 18.0 Å². The number of amides is 1. The van der Waals surface area contributed by atoms with Gasteiger partial charge < -0.3 is 10.1 Å². The largest absolute Gasteiger partial charge is 0.457 e. The summed E-state index contributed by atoms with van der Waals surface area (Å²) in [6.45, 7) is 2.59. The number of ether oxygens (including phenoxy) is 1. The van der Waals surface area contributed by atoms with Crippen molar-refractivity contribution in [1.82, 2.24) is 5.32 Å². The molecule has 0 atom stereocenters. The Morgan fingerprint density at radius 3 is 2.27 bits per heavy atom. The summed E-state index contributed by atoms with van der Waals surface area (Å²) < 4.78 is 5.73. The Morgan fingerprint density at radius 1 is 1.09 bits per heavy atom. The minimum atomic E-state index is -0.137. The van der Waals surface area contributed by atoms with Crippen LogP contribution in [0.25, 0.3) is 0 Å². The average Bonchev–Trinajstić information content (AvgIpc) is 2.52. The molecule has 4 nitrogen and oxygen atoms in total. The quantitative estimate of drug-likeness (QED) is 0.636. The topological polar surface area (TPSA) is 50.4 Å². The molecule has 2 aromatic rings. The predicted octanol–water partition coefficient (Wildman–Crippen LogP) is 2.95. The molecule has 0 unspecified atom stereocenters. The van der Waals surface area contributed by atoms with Crippen molar-refractivity contribution in [3.63, 3.8) is 0 Å². The van der Waals surface area contributed by atoms with Crippen LogP contribution in [0.15, 0.2) is 48.5 Å². The summed E-state index contributed by atoms with van der Waals surface area (Å²) in [6, 6.07) is 15.0. The second kappa shape index (κ2) is 7.87. The summed E-state index contributed by atoms with van der Waals surface area (Å²) >= 11 is 0. The highest BCUT2D eigenvalue weighted by Gasteiger charge is 2.02. The summed E-state index contributed by atoms with van der Waals surface area (Å²) in [6.07, 6.45) is 5.10. The Balaban J connectivity index is 1.88. The summed E-state index contributed by atoms with van der Waals surface area (Å²) in [5.41, 5.74) is 1.90. The molecule has 22 heavy (non-hydrogen) atoms. The molecule has 0 spiro atoms. The molecule has 0 aromatic heterocycles. The molecule has 0 bridgehead atoms. The lowest BCUT2D eigenvalue weighted by Gasteiger charge is -2.08. The van der Waals surface area contributed by atoms with Crippen molar-refractivity contribution in [2.24, 2.45) is 0 Å². The third kappa shape index (κ3) is 4.97. The first-order valence-corrected chi connectivity index (χ1v) is 6.96. The zero-order valence-electron chi connectivity index (χ0n) is 12.4. The number of aryl methyl sites for hydroxylation is 1. The van der Waals surface area contributed by atoms with Crippen molar-refractivity contribution in [3.8, 4) is 23.8 Å². The van der Waals surface area contributed by atoms with Gasteiger partial charge >= 0.3 is 0 Å². The molecule has 112 valence electrons. The van der Waals surface area contributed by atoms with Crippen LogP contribution in [0.2, 0.25) is 0 Å². The number of carbonyl (C=O) groups is 1. The number of terminal acetylenes is 1. The predicted molar refractivity (Wildman–Crippen MR) is 88.0 cm³/mol.